The maximum Gasteiger partial charge on any atom is 0.108 e. The Morgan fingerprint density at radius 3 is 2.14 bits per heavy atom. The molecule has 0 aliphatic rings. The Labute approximate surface area is 89.3 Å². The zero-order valence-electron chi connectivity index (χ0n) is 10.4. The van der Waals surface area contributed by atoms with Crippen molar-refractivity contribution in [1.82, 2.24) is 0 Å². The molecule has 0 aromatic carbocycles. The maximum absolute atomic E-state index is 13.5. The van der Waals surface area contributed by atoms with Crippen LogP contribution >= 0.6 is 0 Å². The summed E-state index contributed by atoms with van der Waals surface area (Å²) in [5.74, 6) is 0.817. The molecule has 0 bridgehead atoms. The summed E-state index contributed by atoms with van der Waals surface area (Å²) < 4.78 is 13.5. The van der Waals surface area contributed by atoms with E-state index in [0.717, 1.165) is 18.8 Å². The molecule has 86 valence electrons. The molecule has 1 heteroatoms. The minimum Gasteiger partial charge on any atom is -0.244 e. The van der Waals surface area contributed by atoms with Crippen molar-refractivity contribution < 1.29 is 4.39 Å². The summed E-state index contributed by atoms with van der Waals surface area (Å²) in [5.41, 5.74) is -0.919. The average Bonchev–Trinajstić information content (AvgIpc) is 2.10. The summed E-state index contributed by atoms with van der Waals surface area (Å²) in [6, 6.07) is 0. The fraction of sp³-hybridized carbons (Fsp3) is 1.00. The summed E-state index contributed by atoms with van der Waals surface area (Å²) in [6.45, 7) is 8.17. The maximum atomic E-state index is 13.5. The van der Waals surface area contributed by atoms with Crippen molar-refractivity contribution in [3.05, 3.63) is 0 Å². The average molecular weight is 202 g/mol. The van der Waals surface area contributed by atoms with Crippen LogP contribution in [-0.2, 0) is 0 Å². The van der Waals surface area contributed by atoms with Crippen LogP contribution in [0.4, 0.5) is 4.39 Å². The van der Waals surface area contributed by atoms with Crippen LogP contribution in [0.15, 0.2) is 0 Å². The van der Waals surface area contributed by atoms with Crippen molar-refractivity contribution in [3.8, 4) is 0 Å². The summed E-state index contributed by atoms with van der Waals surface area (Å²) in [5, 5.41) is 0. The van der Waals surface area contributed by atoms with Gasteiger partial charge in [-0.15, -0.1) is 0 Å². The highest BCUT2D eigenvalue weighted by molar-refractivity contribution is 4.70. The predicted octanol–water partition coefficient (Wildman–Crippen LogP) is 5.12. The first kappa shape index (κ1) is 13.9. The Morgan fingerprint density at radius 1 is 1.07 bits per heavy atom. The largest absolute Gasteiger partial charge is 0.244 e. The second kappa shape index (κ2) is 7.25. The number of halogens is 1. The zero-order valence-corrected chi connectivity index (χ0v) is 10.4. The van der Waals surface area contributed by atoms with E-state index in [2.05, 4.69) is 13.8 Å². The monoisotopic (exact) mass is 202 g/mol. The fourth-order valence-corrected chi connectivity index (χ4v) is 1.58. The highest BCUT2D eigenvalue weighted by Gasteiger charge is 2.18. The molecular weight excluding hydrogens is 175 g/mol. The second-order valence-electron chi connectivity index (χ2n) is 5.11. The van der Waals surface area contributed by atoms with Gasteiger partial charge in [-0.3, -0.25) is 0 Å². The Hall–Kier alpha value is -0.0700. The van der Waals surface area contributed by atoms with Gasteiger partial charge in [0.2, 0.25) is 0 Å². The minimum absolute atomic E-state index is 0.652. The molecule has 0 aliphatic carbocycles. The normalized spacial score (nSPS) is 15.9. The Balaban J connectivity index is 3.21. The van der Waals surface area contributed by atoms with Crippen molar-refractivity contribution >= 4 is 0 Å². The van der Waals surface area contributed by atoms with E-state index >= 15 is 0 Å². The fourth-order valence-electron chi connectivity index (χ4n) is 1.58. The summed E-state index contributed by atoms with van der Waals surface area (Å²) in [6.07, 6.45) is 7.56. The molecule has 0 aromatic rings. The van der Waals surface area contributed by atoms with Gasteiger partial charge in [0.15, 0.2) is 0 Å². The number of hydrogen-bond donors (Lipinski definition) is 0. The molecule has 1 unspecified atom stereocenters. The van der Waals surface area contributed by atoms with E-state index in [1.807, 2.05) is 6.92 Å². The molecule has 0 amide bonds. The third-order valence-electron chi connectivity index (χ3n) is 2.97. The lowest BCUT2D eigenvalue weighted by atomic mass is 9.96. The van der Waals surface area contributed by atoms with Gasteiger partial charge in [-0.1, -0.05) is 52.9 Å². The topological polar surface area (TPSA) is 0 Å². The van der Waals surface area contributed by atoms with E-state index in [0.29, 0.717) is 6.42 Å². The van der Waals surface area contributed by atoms with Crippen LogP contribution in [0.25, 0.3) is 0 Å². The number of rotatable bonds is 8. The SMILES string of the molecule is CCC(C)(F)CCCCCCC(C)C. The molecule has 1 atom stereocenters. The van der Waals surface area contributed by atoms with Crippen LogP contribution in [0.2, 0.25) is 0 Å². The smallest absolute Gasteiger partial charge is 0.108 e. The first-order chi connectivity index (χ1) is 6.48. The standard InChI is InChI=1S/C13H27F/c1-5-13(4,14)11-9-7-6-8-10-12(2)3/h12H,5-11H2,1-4H3. The zero-order chi connectivity index (χ0) is 11.0. The molecule has 0 aliphatic heterocycles. The molecule has 0 radical (unpaired) electrons. The van der Waals surface area contributed by atoms with Crippen LogP contribution in [0.1, 0.15) is 72.6 Å². The van der Waals surface area contributed by atoms with Crippen molar-refractivity contribution in [2.24, 2.45) is 5.92 Å². The van der Waals surface area contributed by atoms with Gasteiger partial charge >= 0.3 is 0 Å². The lowest BCUT2D eigenvalue weighted by Crippen LogP contribution is -2.15. The van der Waals surface area contributed by atoms with Crippen molar-refractivity contribution in [3.63, 3.8) is 0 Å². The molecule has 0 heterocycles. The Morgan fingerprint density at radius 2 is 1.64 bits per heavy atom. The van der Waals surface area contributed by atoms with Crippen molar-refractivity contribution in [2.75, 3.05) is 0 Å². The summed E-state index contributed by atoms with van der Waals surface area (Å²) in [4.78, 5) is 0. The Kier molecular flexibility index (Phi) is 7.22. The van der Waals surface area contributed by atoms with Gasteiger partial charge in [0.1, 0.15) is 5.67 Å². The third-order valence-corrected chi connectivity index (χ3v) is 2.97. The first-order valence-corrected chi connectivity index (χ1v) is 6.17. The van der Waals surface area contributed by atoms with E-state index < -0.39 is 5.67 Å². The molecule has 0 saturated heterocycles. The van der Waals surface area contributed by atoms with E-state index in [1.165, 1.54) is 25.7 Å². The molecule has 0 rings (SSSR count). The van der Waals surface area contributed by atoms with Gasteiger partial charge in [-0.05, 0) is 25.7 Å². The lowest BCUT2D eigenvalue weighted by Gasteiger charge is -2.17. The van der Waals surface area contributed by atoms with Crippen molar-refractivity contribution in [1.29, 1.82) is 0 Å². The first-order valence-electron chi connectivity index (χ1n) is 6.17. The van der Waals surface area contributed by atoms with E-state index in [9.17, 15) is 4.39 Å². The highest BCUT2D eigenvalue weighted by atomic mass is 19.1. The van der Waals surface area contributed by atoms with E-state index in [1.54, 1.807) is 6.92 Å². The molecule has 0 fully saturated rings. The molecule has 0 N–H and O–H groups in total. The number of hydrogen-bond acceptors (Lipinski definition) is 0. The third kappa shape index (κ3) is 8.52. The summed E-state index contributed by atoms with van der Waals surface area (Å²) >= 11 is 0. The molecule has 14 heavy (non-hydrogen) atoms. The van der Waals surface area contributed by atoms with Crippen LogP contribution in [0.3, 0.4) is 0 Å². The number of unbranched alkanes of at least 4 members (excludes halogenated alkanes) is 3. The van der Waals surface area contributed by atoms with Gasteiger partial charge in [-0.25, -0.2) is 4.39 Å². The van der Waals surface area contributed by atoms with Crippen LogP contribution in [0.5, 0.6) is 0 Å². The van der Waals surface area contributed by atoms with Crippen LogP contribution < -0.4 is 0 Å². The van der Waals surface area contributed by atoms with Gasteiger partial charge in [-0.2, -0.15) is 0 Å². The van der Waals surface area contributed by atoms with Gasteiger partial charge in [0.05, 0.1) is 0 Å². The summed E-state index contributed by atoms with van der Waals surface area (Å²) in [7, 11) is 0. The van der Waals surface area contributed by atoms with E-state index in [-0.39, 0.29) is 0 Å². The molecule has 0 nitrogen and oxygen atoms in total. The molecule has 0 aromatic heterocycles. The quantitative estimate of drug-likeness (QED) is 0.479. The second-order valence-corrected chi connectivity index (χ2v) is 5.11. The van der Waals surface area contributed by atoms with Crippen LogP contribution in [-0.4, -0.2) is 5.67 Å². The van der Waals surface area contributed by atoms with Gasteiger partial charge < -0.3 is 0 Å². The van der Waals surface area contributed by atoms with Crippen LogP contribution in [0, 0.1) is 5.92 Å². The Bertz CT molecular complexity index is 127. The molecule has 0 spiro atoms. The molecular formula is C13H27F. The minimum atomic E-state index is -0.919. The number of alkyl halides is 1. The highest BCUT2D eigenvalue weighted by Crippen LogP contribution is 2.23. The van der Waals surface area contributed by atoms with Gasteiger partial charge in [0.25, 0.3) is 0 Å². The van der Waals surface area contributed by atoms with Crippen molar-refractivity contribution in [2.45, 2.75) is 78.3 Å². The predicted molar refractivity (Wildman–Crippen MR) is 62.3 cm³/mol. The molecule has 0 saturated carbocycles. The van der Waals surface area contributed by atoms with Gasteiger partial charge in [0, 0.05) is 0 Å². The van der Waals surface area contributed by atoms with E-state index in [4.69, 9.17) is 0 Å². The lowest BCUT2D eigenvalue weighted by molar-refractivity contribution is 0.163.